The SMILES string of the molecule is C=C(CCC(C)C1CCC2C3=C(CCC21C)C1(C)CCCC(C)C1CC3)C(C)C. The van der Waals surface area contributed by atoms with Crippen LogP contribution >= 0.6 is 0 Å². The molecule has 0 bridgehead atoms. The third-order valence-corrected chi connectivity index (χ3v) is 10.8. The first-order valence-electron chi connectivity index (χ1n) is 13.1. The van der Waals surface area contributed by atoms with Crippen molar-refractivity contribution < 1.29 is 0 Å². The predicted molar refractivity (Wildman–Crippen MR) is 127 cm³/mol. The molecule has 0 radical (unpaired) electrons. The fourth-order valence-corrected chi connectivity index (χ4v) is 8.87. The highest BCUT2D eigenvalue weighted by Crippen LogP contribution is 2.66. The van der Waals surface area contributed by atoms with Crippen molar-refractivity contribution in [1.82, 2.24) is 0 Å². The predicted octanol–water partition coefficient (Wildman–Crippen LogP) is 8.97. The van der Waals surface area contributed by atoms with Crippen molar-refractivity contribution in [3.8, 4) is 0 Å². The third kappa shape index (κ3) is 3.49. The number of fused-ring (bicyclic) bond motifs is 4. The van der Waals surface area contributed by atoms with E-state index in [1.54, 1.807) is 0 Å². The Labute approximate surface area is 182 Å². The van der Waals surface area contributed by atoms with E-state index in [9.17, 15) is 0 Å². The summed E-state index contributed by atoms with van der Waals surface area (Å²) in [6.07, 6.45) is 15.8. The van der Waals surface area contributed by atoms with Crippen LogP contribution in [0.4, 0.5) is 0 Å². The smallest absolute Gasteiger partial charge is 0.00827 e. The second-order valence-corrected chi connectivity index (χ2v) is 12.5. The van der Waals surface area contributed by atoms with Crippen LogP contribution in [0.2, 0.25) is 0 Å². The van der Waals surface area contributed by atoms with Crippen molar-refractivity contribution in [2.24, 2.45) is 46.3 Å². The van der Waals surface area contributed by atoms with Gasteiger partial charge in [0.1, 0.15) is 0 Å². The zero-order valence-electron chi connectivity index (χ0n) is 20.4. The molecule has 0 aromatic heterocycles. The summed E-state index contributed by atoms with van der Waals surface area (Å²) in [4.78, 5) is 0. The minimum atomic E-state index is 0.547. The zero-order valence-corrected chi connectivity index (χ0v) is 20.4. The quantitative estimate of drug-likeness (QED) is 0.407. The number of allylic oxidation sites excluding steroid dienone is 3. The molecule has 4 aliphatic rings. The van der Waals surface area contributed by atoms with Gasteiger partial charge in [-0.05, 0) is 104 Å². The largest absolute Gasteiger partial charge is 0.0996 e. The highest BCUT2D eigenvalue weighted by atomic mass is 14.6. The highest BCUT2D eigenvalue weighted by Gasteiger charge is 2.55. The van der Waals surface area contributed by atoms with Gasteiger partial charge in [0.15, 0.2) is 0 Å². The van der Waals surface area contributed by atoms with Gasteiger partial charge in [-0.25, -0.2) is 0 Å². The lowest BCUT2D eigenvalue weighted by atomic mass is 9.49. The van der Waals surface area contributed by atoms with Crippen LogP contribution in [0.15, 0.2) is 23.3 Å². The van der Waals surface area contributed by atoms with Gasteiger partial charge in [0.2, 0.25) is 0 Å². The lowest BCUT2D eigenvalue weighted by Crippen LogP contribution is -2.45. The maximum atomic E-state index is 4.35. The standard InChI is InChI=1S/C29H48/c1-19(2)20(3)10-11-22(5)25-14-15-26-23-12-13-24-21(4)9-8-17-28(24,6)27(23)16-18-29(25,26)7/h19,21-22,24-26H,3,8-18H2,1-2,4-7H3. The summed E-state index contributed by atoms with van der Waals surface area (Å²) in [5.41, 5.74) is 6.53. The maximum absolute atomic E-state index is 4.35. The lowest BCUT2D eigenvalue weighted by Gasteiger charge is -2.56. The fraction of sp³-hybridized carbons (Fsp3) is 0.862. The molecule has 2 fully saturated rings. The van der Waals surface area contributed by atoms with Crippen molar-refractivity contribution in [2.45, 2.75) is 112 Å². The summed E-state index contributed by atoms with van der Waals surface area (Å²) in [5, 5.41) is 0. The topological polar surface area (TPSA) is 0 Å². The normalized spacial score (nSPS) is 43.0. The van der Waals surface area contributed by atoms with Gasteiger partial charge in [-0.2, -0.15) is 0 Å². The molecule has 0 heteroatoms. The van der Waals surface area contributed by atoms with Gasteiger partial charge >= 0.3 is 0 Å². The van der Waals surface area contributed by atoms with Crippen molar-refractivity contribution in [3.05, 3.63) is 23.3 Å². The molecule has 0 saturated heterocycles. The molecule has 4 aliphatic carbocycles. The van der Waals surface area contributed by atoms with Crippen molar-refractivity contribution in [2.75, 3.05) is 0 Å². The van der Waals surface area contributed by atoms with Crippen LogP contribution in [-0.2, 0) is 0 Å². The number of rotatable bonds is 5. The molecule has 29 heavy (non-hydrogen) atoms. The Kier molecular flexibility index (Phi) is 5.89. The van der Waals surface area contributed by atoms with Gasteiger partial charge in [-0.3, -0.25) is 0 Å². The average Bonchev–Trinajstić information content (AvgIpc) is 3.03. The summed E-state index contributed by atoms with van der Waals surface area (Å²) in [6.45, 7) is 19.5. The summed E-state index contributed by atoms with van der Waals surface area (Å²) in [7, 11) is 0. The fourth-order valence-electron chi connectivity index (χ4n) is 8.87. The van der Waals surface area contributed by atoms with Crippen LogP contribution in [0, 0.1) is 46.3 Å². The Morgan fingerprint density at radius 2 is 1.79 bits per heavy atom. The molecule has 7 unspecified atom stereocenters. The molecule has 164 valence electrons. The van der Waals surface area contributed by atoms with Gasteiger partial charge < -0.3 is 0 Å². The van der Waals surface area contributed by atoms with Crippen molar-refractivity contribution in [1.29, 1.82) is 0 Å². The molecule has 0 heterocycles. The Bertz CT molecular complexity index is 666. The van der Waals surface area contributed by atoms with E-state index in [1.165, 1.54) is 76.2 Å². The molecule has 4 rings (SSSR count). The monoisotopic (exact) mass is 396 g/mol. The van der Waals surface area contributed by atoms with E-state index in [-0.39, 0.29) is 0 Å². The molecular weight excluding hydrogens is 348 g/mol. The summed E-state index contributed by atoms with van der Waals surface area (Å²) in [5.74, 6) is 5.24. The Morgan fingerprint density at radius 3 is 2.52 bits per heavy atom. The lowest BCUT2D eigenvalue weighted by molar-refractivity contribution is 0.0440. The molecule has 0 aliphatic heterocycles. The second-order valence-electron chi connectivity index (χ2n) is 12.5. The molecule has 0 spiro atoms. The van der Waals surface area contributed by atoms with Crippen LogP contribution in [0.5, 0.6) is 0 Å². The van der Waals surface area contributed by atoms with E-state index in [1.807, 2.05) is 11.1 Å². The summed E-state index contributed by atoms with van der Waals surface area (Å²) < 4.78 is 0. The maximum Gasteiger partial charge on any atom is -0.00827 e. The van der Waals surface area contributed by atoms with Crippen molar-refractivity contribution >= 4 is 0 Å². The third-order valence-electron chi connectivity index (χ3n) is 10.8. The van der Waals surface area contributed by atoms with Crippen LogP contribution < -0.4 is 0 Å². The first-order valence-corrected chi connectivity index (χ1v) is 13.1. The van der Waals surface area contributed by atoms with E-state index in [2.05, 4.69) is 48.1 Å². The van der Waals surface area contributed by atoms with E-state index in [4.69, 9.17) is 0 Å². The Hall–Kier alpha value is -0.520. The van der Waals surface area contributed by atoms with Gasteiger partial charge in [0.05, 0.1) is 0 Å². The molecular formula is C29H48. The van der Waals surface area contributed by atoms with E-state index < -0.39 is 0 Å². The Morgan fingerprint density at radius 1 is 1.03 bits per heavy atom. The zero-order chi connectivity index (χ0) is 21.0. The minimum Gasteiger partial charge on any atom is -0.0996 e. The van der Waals surface area contributed by atoms with Crippen LogP contribution in [0.1, 0.15) is 112 Å². The molecule has 2 saturated carbocycles. The number of hydrogen-bond acceptors (Lipinski definition) is 0. The van der Waals surface area contributed by atoms with E-state index in [0.29, 0.717) is 16.7 Å². The highest BCUT2D eigenvalue weighted by molar-refractivity contribution is 5.34. The molecule has 0 nitrogen and oxygen atoms in total. The molecule has 0 aromatic rings. The van der Waals surface area contributed by atoms with Gasteiger partial charge in [0, 0.05) is 0 Å². The molecule has 7 atom stereocenters. The van der Waals surface area contributed by atoms with Crippen molar-refractivity contribution in [3.63, 3.8) is 0 Å². The van der Waals surface area contributed by atoms with Crippen LogP contribution in [0.3, 0.4) is 0 Å². The van der Waals surface area contributed by atoms with Gasteiger partial charge in [0.25, 0.3) is 0 Å². The molecule has 0 amide bonds. The summed E-state index contributed by atoms with van der Waals surface area (Å²) >= 11 is 0. The van der Waals surface area contributed by atoms with E-state index >= 15 is 0 Å². The van der Waals surface area contributed by atoms with Crippen LogP contribution in [-0.4, -0.2) is 0 Å². The van der Waals surface area contributed by atoms with Gasteiger partial charge in [-0.15, -0.1) is 0 Å². The van der Waals surface area contributed by atoms with Gasteiger partial charge in [-0.1, -0.05) is 77.7 Å². The first kappa shape index (κ1) is 21.7. The molecule has 0 N–H and O–H groups in total. The first-order chi connectivity index (χ1) is 13.7. The second kappa shape index (κ2) is 7.87. The van der Waals surface area contributed by atoms with E-state index in [0.717, 1.165) is 29.6 Å². The Balaban J connectivity index is 1.54. The minimum absolute atomic E-state index is 0.547. The van der Waals surface area contributed by atoms with Crippen LogP contribution in [0.25, 0.3) is 0 Å². The number of hydrogen-bond donors (Lipinski definition) is 0. The molecule has 0 aromatic carbocycles. The summed E-state index contributed by atoms with van der Waals surface area (Å²) in [6, 6.07) is 0. The average molecular weight is 397 g/mol.